The predicted molar refractivity (Wildman–Crippen MR) is 138 cm³/mol. The van der Waals surface area contributed by atoms with Crippen molar-refractivity contribution in [2.24, 2.45) is 11.7 Å². The lowest BCUT2D eigenvalue weighted by atomic mass is 9.96. The molecule has 1 fully saturated rings. The lowest BCUT2D eigenvalue weighted by molar-refractivity contribution is 0.414. The summed E-state index contributed by atoms with van der Waals surface area (Å²) in [7, 11) is 0. The third kappa shape index (κ3) is 5.87. The van der Waals surface area contributed by atoms with Crippen LogP contribution in [-0.2, 0) is 12.8 Å². The lowest BCUT2D eigenvalue weighted by Gasteiger charge is -2.33. The summed E-state index contributed by atoms with van der Waals surface area (Å²) in [5, 5.41) is 0. The van der Waals surface area contributed by atoms with E-state index in [1.165, 1.54) is 24.1 Å². The molecular formula is C28H31N7. The number of pyridine rings is 1. The monoisotopic (exact) mass is 465 g/mol. The molecule has 0 saturated carbocycles. The van der Waals surface area contributed by atoms with Crippen molar-refractivity contribution in [2.45, 2.75) is 32.6 Å². The van der Waals surface area contributed by atoms with Gasteiger partial charge in [0.25, 0.3) is 0 Å². The van der Waals surface area contributed by atoms with Gasteiger partial charge in [0.2, 0.25) is 0 Å². The largest absolute Gasteiger partial charge is 0.372 e. The molecule has 2 N–H and O–H groups in total. The molecule has 4 heterocycles. The Bertz CT molecular complexity index is 1260. The fourth-order valence-corrected chi connectivity index (χ4v) is 4.53. The van der Waals surface area contributed by atoms with Crippen LogP contribution < -0.4 is 10.6 Å². The smallest absolute Gasteiger partial charge is 0.178 e. The second-order valence-corrected chi connectivity index (χ2v) is 9.19. The molecule has 5 rings (SSSR count). The molecule has 1 aliphatic rings. The highest BCUT2D eigenvalue weighted by Crippen LogP contribution is 2.23. The number of piperidine rings is 1. The topological polar surface area (TPSA) is 93.7 Å². The number of aromatic nitrogens is 5. The molecule has 1 saturated heterocycles. The van der Waals surface area contributed by atoms with Crippen molar-refractivity contribution < 1.29 is 0 Å². The van der Waals surface area contributed by atoms with Crippen LogP contribution in [0.2, 0.25) is 0 Å². The fraction of sp³-hybridized carbons (Fsp3) is 0.321. The Kier molecular flexibility index (Phi) is 7.04. The second-order valence-electron chi connectivity index (χ2n) is 9.19. The van der Waals surface area contributed by atoms with Crippen LogP contribution in [0.1, 0.15) is 41.3 Å². The number of nitrogens with two attached hydrogens (primary N) is 1. The first kappa shape index (κ1) is 23.1. The van der Waals surface area contributed by atoms with Crippen molar-refractivity contribution in [1.82, 2.24) is 24.9 Å². The summed E-state index contributed by atoms with van der Waals surface area (Å²) in [5.41, 5.74) is 11.9. The Hall–Kier alpha value is -3.71. The molecule has 1 aromatic carbocycles. The minimum atomic E-state index is 0.620. The molecule has 178 valence electrons. The molecule has 0 bridgehead atoms. The van der Waals surface area contributed by atoms with Gasteiger partial charge in [-0.1, -0.05) is 18.2 Å². The normalized spacial score (nSPS) is 14.3. The third-order valence-electron chi connectivity index (χ3n) is 6.57. The summed E-state index contributed by atoms with van der Waals surface area (Å²) in [6.45, 7) is 4.93. The maximum Gasteiger partial charge on any atom is 0.178 e. The number of anilines is 1. The Labute approximate surface area is 206 Å². The fourth-order valence-electron chi connectivity index (χ4n) is 4.53. The number of hydrogen-bond donors (Lipinski definition) is 1. The predicted octanol–water partition coefficient (Wildman–Crippen LogP) is 3.99. The van der Waals surface area contributed by atoms with Crippen LogP contribution in [0.3, 0.4) is 0 Å². The summed E-state index contributed by atoms with van der Waals surface area (Å²) in [6, 6.07) is 18.5. The van der Waals surface area contributed by atoms with E-state index in [1.807, 2.05) is 43.5 Å². The summed E-state index contributed by atoms with van der Waals surface area (Å²) in [6.07, 6.45) is 7.28. The molecule has 35 heavy (non-hydrogen) atoms. The van der Waals surface area contributed by atoms with E-state index in [4.69, 9.17) is 15.7 Å². The van der Waals surface area contributed by atoms with Gasteiger partial charge in [-0.15, -0.1) is 0 Å². The van der Waals surface area contributed by atoms with Crippen LogP contribution in [0.4, 0.5) is 5.69 Å². The van der Waals surface area contributed by atoms with Crippen LogP contribution in [0.5, 0.6) is 0 Å². The molecule has 1 aliphatic heterocycles. The van der Waals surface area contributed by atoms with Crippen LogP contribution in [0.15, 0.2) is 67.0 Å². The van der Waals surface area contributed by atoms with Crippen LogP contribution in [0.25, 0.3) is 11.5 Å². The first-order valence-electron chi connectivity index (χ1n) is 12.3. The third-order valence-corrected chi connectivity index (χ3v) is 6.57. The standard InChI is InChI=1S/C28H31N7/c1-20-3-2-4-26(32-20)28-31-14-10-24(34-28)18-23-9-13-30-27(33-23)17-21-5-7-25(8-6-21)35-15-11-22(19-29)12-16-35/h2-10,13-14,22H,11-12,15-19,29H2,1H3. The minimum absolute atomic E-state index is 0.620. The molecule has 0 atom stereocenters. The lowest BCUT2D eigenvalue weighted by Crippen LogP contribution is -2.36. The van der Waals surface area contributed by atoms with Crippen LogP contribution >= 0.6 is 0 Å². The van der Waals surface area contributed by atoms with E-state index in [1.54, 1.807) is 6.20 Å². The highest BCUT2D eigenvalue weighted by atomic mass is 15.1. The van der Waals surface area contributed by atoms with Crippen molar-refractivity contribution >= 4 is 5.69 Å². The quantitative estimate of drug-likeness (QED) is 0.441. The Morgan fingerprint density at radius 2 is 1.57 bits per heavy atom. The van der Waals surface area contributed by atoms with Gasteiger partial charge in [0.1, 0.15) is 11.5 Å². The van der Waals surface area contributed by atoms with Gasteiger partial charge >= 0.3 is 0 Å². The number of aryl methyl sites for hydroxylation is 1. The highest BCUT2D eigenvalue weighted by molar-refractivity contribution is 5.49. The van der Waals surface area contributed by atoms with Crippen LogP contribution in [-0.4, -0.2) is 44.6 Å². The number of nitrogens with zero attached hydrogens (tertiary/aromatic N) is 6. The Balaban J connectivity index is 1.24. The van der Waals surface area contributed by atoms with E-state index < -0.39 is 0 Å². The first-order valence-corrected chi connectivity index (χ1v) is 12.3. The van der Waals surface area contributed by atoms with E-state index in [2.05, 4.69) is 44.1 Å². The zero-order valence-electron chi connectivity index (χ0n) is 20.1. The molecular weight excluding hydrogens is 434 g/mol. The molecule has 7 nitrogen and oxygen atoms in total. The van der Waals surface area contributed by atoms with E-state index in [0.717, 1.165) is 48.2 Å². The molecule has 7 heteroatoms. The Morgan fingerprint density at radius 3 is 2.31 bits per heavy atom. The van der Waals surface area contributed by atoms with Crippen molar-refractivity contribution in [3.63, 3.8) is 0 Å². The molecule has 0 amide bonds. The molecule has 3 aromatic heterocycles. The van der Waals surface area contributed by atoms with Crippen molar-refractivity contribution in [2.75, 3.05) is 24.5 Å². The molecule has 0 radical (unpaired) electrons. The van der Waals surface area contributed by atoms with Gasteiger partial charge in [-0.3, -0.25) is 0 Å². The molecule has 0 unspecified atom stereocenters. The van der Waals surface area contributed by atoms with E-state index in [-0.39, 0.29) is 0 Å². The number of hydrogen-bond acceptors (Lipinski definition) is 7. The second kappa shape index (κ2) is 10.7. The summed E-state index contributed by atoms with van der Waals surface area (Å²) in [4.78, 5) is 25.4. The minimum Gasteiger partial charge on any atom is -0.372 e. The van der Waals surface area contributed by atoms with Gasteiger partial charge in [0.15, 0.2) is 5.82 Å². The van der Waals surface area contributed by atoms with Gasteiger partial charge < -0.3 is 10.6 Å². The summed E-state index contributed by atoms with van der Waals surface area (Å²) in [5.74, 6) is 2.12. The van der Waals surface area contributed by atoms with Gasteiger partial charge in [-0.2, -0.15) is 0 Å². The average molecular weight is 466 g/mol. The molecule has 0 aliphatic carbocycles. The van der Waals surface area contributed by atoms with Gasteiger partial charge in [-0.25, -0.2) is 24.9 Å². The maximum absolute atomic E-state index is 5.83. The maximum atomic E-state index is 5.83. The Morgan fingerprint density at radius 1 is 0.829 bits per heavy atom. The van der Waals surface area contributed by atoms with E-state index in [9.17, 15) is 0 Å². The molecule has 0 spiro atoms. The van der Waals surface area contributed by atoms with Crippen molar-refractivity contribution in [3.8, 4) is 11.5 Å². The highest BCUT2D eigenvalue weighted by Gasteiger charge is 2.18. The average Bonchev–Trinajstić information content (AvgIpc) is 2.90. The SMILES string of the molecule is Cc1cccc(-c2nccc(Cc3ccnc(Cc4ccc(N5CCC(CN)CC5)cc4)n3)n2)n1. The van der Waals surface area contributed by atoms with Crippen LogP contribution in [0, 0.1) is 12.8 Å². The van der Waals surface area contributed by atoms with Gasteiger partial charge in [0, 0.05) is 49.7 Å². The number of benzene rings is 1. The zero-order chi connectivity index (χ0) is 24.0. The van der Waals surface area contributed by atoms with Gasteiger partial charge in [0.05, 0.1) is 11.4 Å². The van der Waals surface area contributed by atoms with E-state index >= 15 is 0 Å². The molecule has 4 aromatic rings. The summed E-state index contributed by atoms with van der Waals surface area (Å²) >= 11 is 0. The van der Waals surface area contributed by atoms with E-state index in [0.29, 0.717) is 24.6 Å². The van der Waals surface area contributed by atoms with Crippen molar-refractivity contribution in [3.05, 3.63) is 95.5 Å². The number of rotatable bonds is 7. The summed E-state index contributed by atoms with van der Waals surface area (Å²) < 4.78 is 0. The van der Waals surface area contributed by atoms with Crippen molar-refractivity contribution in [1.29, 1.82) is 0 Å². The van der Waals surface area contributed by atoms with Gasteiger partial charge in [-0.05, 0) is 74.2 Å². The zero-order valence-corrected chi connectivity index (χ0v) is 20.1. The first-order chi connectivity index (χ1) is 17.2.